The zero-order chi connectivity index (χ0) is 16.2. The van der Waals surface area contributed by atoms with Gasteiger partial charge >= 0.3 is 6.02 Å². The highest BCUT2D eigenvalue weighted by Crippen LogP contribution is 2.25. The SMILES string of the molecule is CCN1C(=O)C(=Cc2ccc(SC)cc2)OC1=NC1CCCC1. The van der Waals surface area contributed by atoms with E-state index in [0.717, 1.165) is 18.4 Å². The molecule has 5 heteroatoms. The summed E-state index contributed by atoms with van der Waals surface area (Å²) in [5, 5.41) is 0. The van der Waals surface area contributed by atoms with E-state index in [1.807, 2.05) is 37.4 Å². The van der Waals surface area contributed by atoms with Crippen molar-refractivity contribution in [2.24, 2.45) is 4.99 Å². The second kappa shape index (κ2) is 7.21. The molecule has 1 heterocycles. The third-order valence-electron chi connectivity index (χ3n) is 4.24. The number of hydrogen-bond donors (Lipinski definition) is 0. The minimum atomic E-state index is -0.0989. The quantitative estimate of drug-likeness (QED) is 0.620. The van der Waals surface area contributed by atoms with E-state index in [9.17, 15) is 4.79 Å². The smallest absolute Gasteiger partial charge is 0.300 e. The van der Waals surface area contributed by atoms with Gasteiger partial charge in [-0.1, -0.05) is 25.0 Å². The molecule has 1 aliphatic carbocycles. The molecule has 2 aliphatic rings. The van der Waals surface area contributed by atoms with E-state index < -0.39 is 0 Å². The van der Waals surface area contributed by atoms with E-state index in [-0.39, 0.29) is 5.91 Å². The summed E-state index contributed by atoms with van der Waals surface area (Å²) in [5.41, 5.74) is 0.962. The van der Waals surface area contributed by atoms with Crippen molar-refractivity contribution >= 4 is 29.8 Å². The number of carbonyl (C=O) groups is 1. The molecule has 1 amide bonds. The van der Waals surface area contributed by atoms with Crippen LogP contribution in [-0.4, -0.2) is 35.7 Å². The van der Waals surface area contributed by atoms with E-state index in [1.165, 1.54) is 17.7 Å². The van der Waals surface area contributed by atoms with Crippen molar-refractivity contribution in [3.8, 4) is 0 Å². The molecule has 23 heavy (non-hydrogen) atoms. The number of amides is 1. The third kappa shape index (κ3) is 3.61. The highest BCUT2D eigenvalue weighted by atomic mass is 32.2. The van der Waals surface area contributed by atoms with Crippen molar-refractivity contribution in [3.63, 3.8) is 0 Å². The standard InChI is InChI=1S/C18H22N2O2S/c1-3-20-17(21)16(12-13-8-10-15(23-2)11-9-13)22-18(20)19-14-6-4-5-7-14/h8-12,14H,3-7H2,1-2H3. The van der Waals surface area contributed by atoms with Crippen LogP contribution in [0.25, 0.3) is 6.08 Å². The molecule has 1 saturated heterocycles. The third-order valence-corrected chi connectivity index (χ3v) is 4.98. The molecule has 4 nitrogen and oxygen atoms in total. The lowest BCUT2D eigenvalue weighted by Crippen LogP contribution is -2.30. The first-order valence-electron chi connectivity index (χ1n) is 8.14. The first-order chi connectivity index (χ1) is 11.2. The van der Waals surface area contributed by atoms with E-state index in [4.69, 9.17) is 4.74 Å². The molecule has 1 saturated carbocycles. The highest BCUT2D eigenvalue weighted by Gasteiger charge is 2.34. The van der Waals surface area contributed by atoms with Crippen LogP contribution >= 0.6 is 11.8 Å². The van der Waals surface area contributed by atoms with Gasteiger partial charge in [-0.15, -0.1) is 11.8 Å². The lowest BCUT2D eigenvalue weighted by Gasteiger charge is -2.11. The number of likely N-dealkylation sites (N-methyl/N-ethyl adjacent to an activating group) is 1. The normalized spacial score (nSPS) is 22.3. The Balaban J connectivity index is 1.82. The average molecular weight is 330 g/mol. The van der Waals surface area contributed by atoms with Gasteiger partial charge in [0.1, 0.15) is 0 Å². The molecular weight excluding hydrogens is 308 g/mol. The number of nitrogens with zero attached hydrogens (tertiary/aromatic N) is 2. The molecule has 1 aliphatic heterocycles. The summed E-state index contributed by atoms with van der Waals surface area (Å²) in [6, 6.07) is 8.85. The number of amidine groups is 1. The van der Waals surface area contributed by atoms with E-state index >= 15 is 0 Å². The molecule has 0 aromatic heterocycles. The molecule has 0 N–H and O–H groups in total. The molecule has 0 unspecified atom stereocenters. The van der Waals surface area contributed by atoms with E-state index in [0.29, 0.717) is 24.4 Å². The second-order valence-electron chi connectivity index (χ2n) is 5.78. The summed E-state index contributed by atoms with van der Waals surface area (Å²) in [7, 11) is 0. The monoisotopic (exact) mass is 330 g/mol. The molecule has 122 valence electrons. The number of aliphatic imine (C=N–C) groups is 1. The number of hydrogen-bond acceptors (Lipinski definition) is 4. The second-order valence-corrected chi connectivity index (χ2v) is 6.66. The summed E-state index contributed by atoms with van der Waals surface area (Å²) in [5.74, 6) is 0.263. The fraction of sp³-hybridized carbons (Fsp3) is 0.444. The topological polar surface area (TPSA) is 41.9 Å². The molecule has 0 bridgehead atoms. The Morgan fingerprint density at radius 3 is 2.61 bits per heavy atom. The van der Waals surface area contributed by atoms with Crippen molar-refractivity contribution in [3.05, 3.63) is 35.6 Å². The van der Waals surface area contributed by atoms with Crippen molar-refractivity contribution in [2.45, 2.75) is 43.5 Å². The molecule has 0 atom stereocenters. The maximum Gasteiger partial charge on any atom is 0.300 e. The highest BCUT2D eigenvalue weighted by molar-refractivity contribution is 7.98. The van der Waals surface area contributed by atoms with E-state index in [2.05, 4.69) is 4.99 Å². The van der Waals surface area contributed by atoms with Gasteiger partial charge in [-0.25, -0.2) is 4.99 Å². The summed E-state index contributed by atoms with van der Waals surface area (Å²) in [4.78, 5) is 20.0. The molecule has 3 rings (SSSR count). The Bertz CT molecular complexity index is 631. The van der Waals surface area contributed by atoms with Gasteiger partial charge in [0.25, 0.3) is 5.91 Å². The number of benzene rings is 1. The van der Waals surface area contributed by atoms with Crippen LogP contribution in [0.2, 0.25) is 0 Å². The number of carbonyl (C=O) groups excluding carboxylic acids is 1. The maximum absolute atomic E-state index is 12.5. The summed E-state index contributed by atoms with van der Waals surface area (Å²) in [6.45, 7) is 2.52. The molecule has 0 radical (unpaired) electrons. The van der Waals surface area contributed by atoms with Crippen LogP contribution in [0, 0.1) is 0 Å². The zero-order valence-corrected chi connectivity index (χ0v) is 14.4. The fourth-order valence-corrected chi connectivity index (χ4v) is 3.33. The van der Waals surface area contributed by atoms with Crippen molar-refractivity contribution in [1.82, 2.24) is 4.90 Å². The Kier molecular flexibility index (Phi) is 5.06. The summed E-state index contributed by atoms with van der Waals surface area (Å²) < 4.78 is 5.78. The van der Waals surface area contributed by atoms with Gasteiger partial charge in [0.15, 0.2) is 5.76 Å². The molecule has 0 spiro atoms. The Morgan fingerprint density at radius 2 is 2.00 bits per heavy atom. The van der Waals surface area contributed by atoms with Gasteiger partial charge in [-0.2, -0.15) is 0 Å². The van der Waals surface area contributed by atoms with Gasteiger partial charge in [0.05, 0.1) is 6.04 Å². The Hall–Kier alpha value is -1.75. The van der Waals surface area contributed by atoms with Gasteiger partial charge in [0.2, 0.25) is 0 Å². The number of rotatable bonds is 4. The molecule has 1 aromatic rings. The van der Waals surface area contributed by atoms with Crippen LogP contribution in [0.1, 0.15) is 38.2 Å². The van der Waals surface area contributed by atoms with Crippen molar-refractivity contribution in [1.29, 1.82) is 0 Å². The van der Waals surface area contributed by atoms with Crippen molar-refractivity contribution < 1.29 is 9.53 Å². The first-order valence-corrected chi connectivity index (χ1v) is 9.37. The van der Waals surface area contributed by atoms with Crippen LogP contribution in [0.4, 0.5) is 0 Å². The first kappa shape index (κ1) is 16.1. The van der Waals surface area contributed by atoms with Crippen LogP contribution < -0.4 is 0 Å². The largest absolute Gasteiger partial charge is 0.420 e. The summed E-state index contributed by atoms with van der Waals surface area (Å²) >= 11 is 1.70. The summed E-state index contributed by atoms with van der Waals surface area (Å²) in [6.07, 6.45) is 8.45. The van der Waals surface area contributed by atoms with Crippen LogP contribution in [-0.2, 0) is 9.53 Å². The van der Waals surface area contributed by atoms with E-state index in [1.54, 1.807) is 22.7 Å². The average Bonchev–Trinajstić information content (AvgIpc) is 3.17. The zero-order valence-electron chi connectivity index (χ0n) is 13.6. The van der Waals surface area contributed by atoms with Crippen LogP contribution in [0.15, 0.2) is 39.9 Å². The molecular formula is C18H22N2O2S. The molecule has 2 fully saturated rings. The van der Waals surface area contributed by atoms with Crippen LogP contribution in [0.3, 0.4) is 0 Å². The van der Waals surface area contributed by atoms with Crippen LogP contribution in [0.5, 0.6) is 0 Å². The van der Waals surface area contributed by atoms with Gasteiger partial charge < -0.3 is 4.74 Å². The minimum Gasteiger partial charge on any atom is -0.420 e. The molecule has 1 aromatic carbocycles. The maximum atomic E-state index is 12.5. The lowest BCUT2D eigenvalue weighted by molar-refractivity contribution is -0.122. The predicted octanol–water partition coefficient (Wildman–Crippen LogP) is 3.93. The minimum absolute atomic E-state index is 0.0989. The lowest BCUT2D eigenvalue weighted by atomic mass is 10.2. The van der Waals surface area contributed by atoms with Crippen molar-refractivity contribution in [2.75, 3.05) is 12.8 Å². The van der Waals surface area contributed by atoms with Gasteiger partial charge in [-0.05, 0) is 49.8 Å². The fourth-order valence-electron chi connectivity index (χ4n) is 2.92. The number of ether oxygens (including phenoxy) is 1. The predicted molar refractivity (Wildman–Crippen MR) is 94.4 cm³/mol. The Labute approximate surface area is 141 Å². The number of thioether (sulfide) groups is 1. The Morgan fingerprint density at radius 1 is 1.30 bits per heavy atom. The van der Waals surface area contributed by atoms with Gasteiger partial charge in [-0.3, -0.25) is 9.69 Å². The van der Waals surface area contributed by atoms with Gasteiger partial charge in [0, 0.05) is 11.4 Å².